The Morgan fingerprint density at radius 2 is 2.24 bits per heavy atom. The van der Waals surface area contributed by atoms with Gasteiger partial charge in [0.15, 0.2) is 5.82 Å². The lowest BCUT2D eigenvalue weighted by atomic mass is 10.3. The molecular weight excluding hydrogens is 234 g/mol. The summed E-state index contributed by atoms with van der Waals surface area (Å²) in [5.74, 6) is 0.653. The quantitative estimate of drug-likeness (QED) is 0.869. The van der Waals surface area contributed by atoms with Crippen molar-refractivity contribution in [3.8, 4) is 0 Å². The third-order valence-electron chi connectivity index (χ3n) is 2.38. The molecule has 90 valence electrons. The molecule has 2 aromatic rings. The Kier molecular flexibility index (Phi) is 3.53. The van der Waals surface area contributed by atoms with E-state index < -0.39 is 0 Å². The Hall–Kier alpha value is -1.69. The van der Waals surface area contributed by atoms with Crippen LogP contribution in [-0.2, 0) is 6.42 Å². The predicted octanol–water partition coefficient (Wildman–Crippen LogP) is 2.25. The van der Waals surface area contributed by atoms with Gasteiger partial charge >= 0.3 is 0 Å². The maximum atomic E-state index is 5.77. The first-order valence-electron chi connectivity index (χ1n) is 5.47. The van der Waals surface area contributed by atoms with Crippen LogP contribution >= 0.6 is 11.3 Å². The molecule has 0 aromatic carbocycles. The van der Waals surface area contributed by atoms with Crippen molar-refractivity contribution in [2.75, 3.05) is 11.1 Å². The second-order valence-corrected chi connectivity index (χ2v) is 4.86. The minimum atomic E-state index is 0.0949. The van der Waals surface area contributed by atoms with Crippen LogP contribution in [0.5, 0.6) is 0 Å². The molecule has 2 rings (SSSR count). The molecule has 0 amide bonds. The van der Waals surface area contributed by atoms with E-state index in [1.807, 2.05) is 13.1 Å². The highest BCUT2D eigenvalue weighted by Gasteiger charge is 2.11. The van der Waals surface area contributed by atoms with Gasteiger partial charge in [-0.1, -0.05) is 6.92 Å². The minimum absolute atomic E-state index is 0.0949. The van der Waals surface area contributed by atoms with E-state index in [1.165, 1.54) is 11.2 Å². The van der Waals surface area contributed by atoms with Gasteiger partial charge < -0.3 is 11.1 Å². The monoisotopic (exact) mass is 249 g/mol. The molecule has 1 unspecified atom stereocenters. The van der Waals surface area contributed by atoms with Gasteiger partial charge in [0.25, 0.3) is 0 Å². The fraction of sp³-hybridized carbons (Fsp3) is 0.364. The Morgan fingerprint density at radius 1 is 1.41 bits per heavy atom. The summed E-state index contributed by atoms with van der Waals surface area (Å²) in [7, 11) is 0. The normalized spacial score (nSPS) is 12.4. The Balaban J connectivity index is 2.11. The number of nitrogen functional groups attached to an aromatic ring is 1. The average molecular weight is 249 g/mol. The molecule has 0 saturated carbocycles. The van der Waals surface area contributed by atoms with Crippen molar-refractivity contribution < 1.29 is 0 Å². The summed E-state index contributed by atoms with van der Waals surface area (Å²) in [6, 6.07) is 0.0949. The van der Waals surface area contributed by atoms with E-state index in [-0.39, 0.29) is 6.04 Å². The van der Waals surface area contributed by atoms with Crippen molar-refractivity contribution in [3.05, 3.63) is 28.6 Å². The zero-order valence-corrected chi connectivity index (χ0v) is 10.7. The number of rotatable bonds is 4. The highest BCUT2D eigenvalue weighted by Crippen LogP contribution is 2.24. The lowest BCUT2D eigenvalue weighted by molar-refractivity contribution is 0.859. The number of hydrogen-bond donors (Lipinski definition) is 2. The van der Waals surface area contributed by atoms with Crippen LogP contribution in [0.1, 0.15) is 29.8 Å². The third-order valence-corrected chi connectivity index (χ3v) is 3.71. The number of hydrogen-bond acceptors (Lipinski definition) is 6. The first kappa shape index (κ1) is 11.8. The molecule has 1 atom stereocenters. The zero-order chi connectivity index (χ0) is 12.3. The summed E-state index contributed by atoms with van der Waals surface area (Å²) in [6.45, 7) is 4.16. The number of thiazole rings is 1. The summed E-state index contributed by atoms with van der Waals surface area (Å²) in [5, 5.41) is 4.28. The number of nitrogens with one attached hydrogen (secondary N) is 1. The van der Waals surface area contributed by atoms with Crippen molar-refractivity contribution in [1.82, 2.24) is 15.0 Å². The van der Waals surface area contributed by atoms with Gasteiger partial charge in [-0.3, -0.25) is 0 Å². The van der Waals surface area contributed by atoms with Crippen LogP contribution in [0.2, 0.25) is 0 Å². The minimum Gasteiger partial charge on any atom is -0.394 e. The van der Waals surface area contributed by atoms with Crippen molar-refractivity contribution in [2.24, 2.45) is 0 Å². The molecule has 0 spiro atoms. The van der Waals surface area contributed by atoms with E-state index in [4.69, 9.17) is 5.73 Å². The fourth-order valence-electron chi connectivity index (χ4n) is 1.41. The molecule has 6 heteroatoms. The summed E-state index contributed by atoms with van der Waals surface area (Å²) in [6.07, 6.45) is 5.99. The number of aromatic nitrogens is 3. The lowest BCUT2D eigenvalue weighted by Gasteiger charge is -2.12. The second-order valence-electron chi connectivity index (χ2n) is 3.71. The van der Waals surface area contributed by atoms with Crippen LogP contribution < -0.4 is 11.1 Å². The SMILES string of the molecule is CCc1cnc(C(C)Nc2ncncc2N)s1. The summed E-state index contributed by atoms with van der Waals surface area (Å²) in [5.41, 5.74) is 6.32. The molecular formula is C11H15N5S. The molecule has 2 heterocycles. The second kappa shape index (κ2) is 5.09. The van der Waals surface area contributed by atoms with E-state index in [2.05, 4.69) is 27.2 Å². The van der Waals surface area contributed by atoms with Crippen LogP contribution in [0.3, 0.4) is 0 Å². The van der Waals surface area contributed by atoms with Crippen LogP contribution in [0, 0.1) is 0 Å². The Bertz CT molecular complexity index is 496. The Labute approximate surface area is 104 Å². The van der Waals surface area contributed by atoms with Crippen molar-refractivity contribution in [3.63, 3.8) is 0 Å². The predicted molar refractivity (Wildman–Crippen MR) is 70.0 cm³/mol. The van der Waals surface area contributed by atoms with E-state index >= 15 is 0 Å². The average Bonchev–Trinajstić information content (AvgIpc) is 2.81. The molecule has 0 radical (unpaired) electrons. The fourth-order valence-corrected chi connectivity index (χ4v) is 2.27. The van der Waals surface area contributed by atoms with Crippen molar-refractivity contribution in [1.29, 1.82) is 0 Å². The Morgan fingerprint density at radius 3 is 2.88 bits per heavy atom. The molecule has 3 N–H and O–H groups in total. The van der Waals surface area contributed by atoms with Gasteiger partial charge in [0, 0.05) is 11.1 Å². The standard InChI is InChI=1S/C11H15N5S/c1-3-8-4-14-11(17-8)7(2)16-10-9(12)5-13-6-15-10/h4-7H,3,12H2,1-2H3,(H,13,15,16). The molecule has 0 aliphatic heterocycles. The summed E-state index contributed by atoms with van der Waals surface area (Å²) >= 11 is 1.71. The van der Waals surface area contributed by atoms with E-state index in [1.54, 1.807) is 17.5 Å². The zero-order valence-electron chi connectivity index (χ0n) is 9.84. The third kappa shape index (κ3) is 2.71. The van der Waals surface area contributed by atoms with Crippen LogP contribution in [-0.4, -0.2) is 15.0 Å². The van der Waals surface area contributed by atoms with E-state index in [0.29, 0.717) is 11.5 Å². The highest BCUT2D eigenvalue weighted by atomic mass is 32.1. The molecule has 17 heavy (non-hydrogen) atoms. The largest absolute Gasteiger partial charge is 0.394 e. The number of anilines is 2. The first-order valence-corrected chi connectivity index (χ1v) is 6.29. The van der Waals surface area contributed by atoms with Gasteiger partial charge in [-0.2, -0.15) is 0 Å². The maximum absolute atomic E-state index is 5.77. The van der Waals surface area contributed by atoms with Gasteiger partial charge in [-0.05, 0) is 13.3 Å². The van der Waals surface area contributed by atoms with Crippen LogP contribution in [0.4, 0.5) is 11.5 Å². The molecule has 0 aliphatic rings. The molecule has 0 bridgehead atoms. The van der Waals surface area contributed by atoms with Crippen LogP contribution in [0.15, 0.2) is 18.7 Å². The molecule has 2 aromatic heterocycles. The molecule has 0 aliphatic carbocycles. The number of nitrogens with zero attached hydrogens (tertiary/aromatic N) is 3. The summed E-state index contributed by atoms with van der Waals surface area (Å²) in [4.78, 5) is 13.6. The van der Waals surface area contributed by atoms with Gasteiger partial charge in [0.05, 0.1) is 17.9 Å². The first-order chi connectivity index (χ1) is 8.20. The van der Waals surface area contributed by atoms with Gasteiger partial charge in [-0.25, -0.2) is 15.0 Å². The molecule has 0 saturated heterocycles. The topological polar surface area (TPSA) is 76.7 Å². The van der Waals surface area contributed by atoms with E-state index in [9.17, 15) is 0 Å². The van der Waals surface area contributed by atoms with Gasteiger partial charge in [0.2, 0.25) is 0 Å². The van der Waals surface area contributed by atoms with E-state index in [0.717, 1.165) is 11.4 Å². The smallest absolute Gasteiger partial charge is 0.153 e. The van der Waals surface area contributed by atoms with Crippen LogP contribution in [0.25, 0.3) is 0 Å². The van der Waals surface area contributed by atoms with Gasteiger partial charge in [0.1, 0.15) is 11.3 Å². The van der Waals surface area contributed by atoms with Gasteiger partial charge in [-0.15, -0.1) is 11.3 Å². The maximum Gasteiger partial charge on any atom is 0.153 e. The molecule has 0 fully saturated rings. The molecule has 5 nitrogen and oxygen atoms in total. The summed E-state index contributed by atoms with van der Waals surface area (Å²) < 4.78 is 0. The van der Waals surface area contributed by atoms with Crippen molar-refractivity contribution in [2.45, 2.75) is 26.3 Å². The lowest BCUT2D eigenvalue weighted by Crippen LogP contribution is -2.09. The highest BCUT2D eigenvalue weighted by molar-refractivity contribution is 7.11. The number of nitrogens with two attached hydrogens (primary N) is 1. The number of aryl methyl sites for hydroxylation is 1. The van der Waals surface area contributed by atoms with Crippen molar-refractivity contribution >= 4 is 22.8 Å².